The van der Waals surface area contributed by atoms with Gasteiger partial charge in [-0.1, -0.05) is 18.1 Å². The Morgan fingerprint density at radius 1 is 1.38 bits per heavy atom. The second kappa shape index (κ2) is 5.77. The number of fused-ring (bicyclic) bond motifs is 1. The smallest absolute Gasteiger partial charge is 0.312 e. The van der Waals surface area contributed by atoms with Gasteiger partial charge in [0.2, 0.25) is 0 Å². The number of allylic oxidation sites excluding steroid dienone is 1. The average Bonchev–Trinajstić information content (AvgIpc) is 3.19. The maximum atomic E-state index is 12.4. The number of ether oxygens (including phenoxy) is 3. The van der Waals surface area contributed by atoms with Crippen molar-refractivity contribution >= 4 is 22.1 Å². The Morgan fingerprint density at radius 2 is 2.12 bits per heavy atom. The zero-order valence-corrected chi connectivity index (χ0v) is 15.4. The summed E-state index contributed by atoms with van der Waals surface area (Å²) in [6.07, 6.45) is -0.0981. The van der Waals surface area contributed by atoms with E-state index in [1.165, 1.54) is 0 Å². The molecule has 3 aliphatic heterocycles. The minimum absolute atomic E-state index is 0.0400. The zero-order chi connectivity index (χ0) is 18.9. The summed E-state index contributed by atoms with van der Waals surface area (Å²) in [6.45, 7) is 3.50. The van der Waals surface area contributed by atoms with Gasteiger partial charge in [0.1, 0.15) is 6.10 Å². The van der Waals surface area contributed by atoms with E-state index in [0.29, 0.717) is 19.3 Å². The highest BCUT2D eigenvalue weighted by atomic mass is 32.2. The number of hydrogen-bond acceptors (Lipinski definition) is 8. The van der Waals surface area contributed by atoms with E-state index in [9.17, 15) is 22.6 Å². The maximum absolute atomic E-state index is 12.4. The van der Waals surface area contributed by atoms with Crippen molar-refractivity contribution in [3.05, 3.63) is 11.1 Å². The molecule has 0 aromatic heterocycles. The molecule has 3 heterocycles. The molecule has 0 N–H and O–H groups in total. The quantitative estimate of drug-likeness (QED) is 0.385. The van der Waals surface area contributed by atoms with Crippen molar-refractivity contribution in [1.29, 1.82) is 0 Å². The summed E-state index contributed by atoms with van der Waals surface area (Å²) < 4.78 is 49.9. The summed E-state index contributed by atoms with van der Waals surface area (Å²) in [7, 11) is -4.35. The summed E-state index contributed by atoms with van der Waals surface area (Å²) in [4.78, 5) is 24.1. The van der Waals surface area contributed by atoms with Gasteiger partial charge in [-0.2, -0.15) is 0 Å². The summed E-state index contributed by atoms with van der Waals surface area (Å²) in [5.41, 5.74) is 0.844. The minimum atomic E-state index is -4.35. The molecule has 6 atom stereocenters. The van der Waals surface area contributed by atoms with E-state index >= 15 is 0 Å². The van der Waals surface area contributed by atoms with E-state index in [1.54, 1.807) is 13.8 Å². The molecule has 2 bridgehead atoms. The fourth-order valence-corrected chi connectivity index (χ4v) is 5.91. The van der Waals surface area contributed by atoms with Gasteiger partial charge in [0.05, 0.1) is 28.6 Å². The Kier molecular flexibility index (Phi) is 3.98. The Labute approximate surface area is 151 Å². The fraction of sp³-hybridized carbons (Fsp3) is 0.765. The van der Waals surface area contributed by atoms with Crippen LogP contribution in [0.25, 0.3) is 0 Å². The van der Waals surface area contributed by atoms with Gasteiger partial charge in [-0.3, -0.25) is 9.59 Å². The van der Waals surface area contributed by atoms with Crippen LogP contribution in [0.15, 0.2) is 11.1 Å². The lowest BCUT2D eigenvalue weighted by molar-refractivity contribution is -0.159. The number of carbonyl (C=O) groups is 2. The molecule has 4 aliphatic rings. The van der Waals surface area contributed by atoms with Crippen LogP contribution in [0.5, 0.6) is 0 Å². The van der Waals surface area contributed by atoms with Crippen LogP contribution in [-0.4, -0.2) is 55.1 Å². The molecule has 3 fully saturated rings. The third-order valence-electron chi connectivity index (χ3n) is 6.32. The topological polar surface area (TPSA) is 119 Å². The van der Waals surface area contributed by atoms with Gasteiger partial charge in [-0.25, -0.2) is 8.42 Å². The molecular weight excluding hydrogens is 364 g/mol. The van der Waals surface area contributed by atoms with Crippen LogP contribution in [0, 0.1) is 11.3 Å². The van der Waals surface area contributed by atoms with E-state index in [1.807, 2.05) is 0 Å². The molecule has 0 aromatic carbocycles. The summed E-state index contributed by atoms with van der Waals surface area (Å²) in [5, 5.41) is 0. The van der Waals surface area contributed by atoms with Gasteiger partial charge in [0.15, 0.2) is 12.2 Å². The van der Waals surface area contributed by atoms with Gasteiger partial charge >= 0.3 is 11.9 Å². The number of esters is 2. The Balaban J connectivity index is 1.41. The summed E-state index contributed by atoms with van der Waals surface area (Å²) in [5.74, 6) is -1.45. The number of hydrogen-bond donors (Lipinski definition) is 0. The predicted molar refractivity (Wildman–Crippen MR) is 85.8 cm³/mol. The molecule has 0 amide bonds. The third kappa shape index (κ3) is 2.86. The predicted octanol–water partition coefficient (Wildman–Crippen LogP) is 0.663. The lowest BCUT2D eigenvalue weighted by atomic mass is 9.86. The van der Waals surface area contributed by atoms with Gasteiger partial charge < -0.3 is 18.8 Å². The largest absolute Gasteiger partial charge is 0.748 e. The van der Waals surface area contributed by atoms with Crippen LogP contribution in [0.1, 0.15) is 39.5 Å². The van der Waals surface area contributed by atoms with Crippen molar-refractivity contribution < 1.29 is 36.8 Å². The van der Waals surface area contributed by atoms with Crippen molar-refractivity contribution in [3.8, 4) is 0 Å². The van der Waals surface area contributed by atoms with Gasteiger partial charge in [-0.05, 0) is 26.2 Å². The third-order valence-corrected chi connectivity index (χ3v) is 7.31. The Hall–Kier alpha value is -1.45. The average molecular weight is 385 g/mol. The van der Waals surface area contributed by atoms with Crippen LogP contribution in [0.3, 0.4) is 0 Å². The molecule has 144 valence electrons. The second-order valence-electron chi connectivity index (χ2n) is 8.01. The number of carbonyl (C=O) groups excluding carboxylic acids is 2. The van der Waals surface area contributed by atoms with Crippen molar-refractivity contribution in [2.24, 2.45) is 11.3 Å². The molecule has 6 unspecified atom stereocenters. The lowest BCUT2D eigenvalue weighted by Crippen LogP contribution is -2.40. The standard InChI is InChI=1S/C17H22O8S/c1-8-9(3-4-17(8,2)7-26(20,21)22)5-12(18)24-14-11-6-10-13(23-11)15(14)25-16(10)19/h10-11,13-15H,3-7H2,1-2H3,(H,20,21,22)/p-1. The van der Waals surface area contributed by atoms with Crippen LogP contribution < -0.4 is 0 Å². The lowest BCUT2D eigenvalue weighted by Gasteiger charge is -2.27. The zero-order valence-electron chi connectivity index (χ0n) is 14.6. The maximum Gasteiger partial charge on any atom is 0.312 e. The first-order valence-electron chi connectivity index (χ1n) is 8.75. The number of rotatable bonds is 5. The molecule has 0 aromatic rings. The molecule has 4 rings (SSSR count). The summed E-state index contributed by atoms with van der Waals surface area (Å²) in [6, 6.07) is 0. The highest BCUT2D eigenvalue weighted by molar-refractivity contribution is 7.85. The molecule has 8 nitrogen and oxygen atoms in total. The molecule has 26 heavy (non-hydrogen) atoms. The van der Waals surface area contributed by atoms with Crippen LogP contribution in [-0.2, 0) is 33.9 Å². The molecular formula is C17H21O8S-. The second-order valence-corrected chi connectivity index (χ2v) is 9.41. The first-order chi connectivity index (χ1) is 12.1. The highest BCUT2D eigenvalue weighted by Gasteiger charge is 2.65. The monoisotopic (exact) mass is 385 g/mol. The molecule has 0 spiro atoms. The summed E-state index contributed by atoms with van der Waals surface area (Å²) >= 11 is 0. The molecule has 0 radical (unpaired) electrons. The van der Waals surface area contributed by atoms with Crippen LogP contribution in [0.4, 0.5) is 0 Å². The van der Waals surface area contributed by atoms with Crippen molar-refractivity contribution in [2.45, 2.75) is 63.9 Å². The first kappa shape index (κ1) is 17.9. The van der Waals surface area contributed by atoms with E-state index in [-0.39, 0.29) is 30.5 Å². The van der Waals surface area contributed by atoms with Crippen molar-refractivity contribution in [1.82, 2.24) is 0 Å². The van der Waals surface area contributed by atoms with Crippen molar-refractivity contribution in [3.63, 3.8) is 0 Å². The van der Waals surface area contributed by atoms with Crippen molar-refractivity contribution in [2.75, 3.05) is 5.75 Å². The molecule has 3 saturated heterocycles. The molecule has 9 heteroatoms. The normalized spacial score (nSPS) is 41.0. The fourth-order valence-electron chi connectivity index (χ4n) is 4.77. The SMILES string of the molecule is CC1=C(CC(=O)OC2C3CC4C(=O)OC2C4O3)CCC1(C)CS(=O)(=O)[O-]. The Bertz CT molecular complexity index is 800. The Morgan fingerprint density at radius 3 is 2.81 bits per heavy atom. The van der Waals surface area contributed by atoms with E-state index in [4.69, 9.17) is 14.2 Å². The van der Waals surface area contributed by atoms with E-state index in [2.05, 4.69) is 0 Å². The van der Waals surface area contributed by atoms with Gasteiger partial charge in [0, 0.05) is 11.2 Å². The minimum Gasteiger partial charge on any atom is -0.748 e. The van der Waals surface area contributed by atoms with Gasteiger partial charge in [0.25, 0.3) is 0 Å². The van der Waals surface area contributed by atoms with E-state index < -0.39 is 39.5 Å². The van der Waals surface area contributed by atoms with Gasteiger partial charge in [-0.15, -0.1) is 0 Å². The van der Waals surface area contributed by atoms with Crippen LogP contribution in [0.2, 0.25) is 0 Å². The highest BCUT2D eigenvalue weighted by Crippen LogP contribution is 2.48. The van der Waals surface area contributed by atoms with Crippen LogP contribution >= 0.6 is 0 Å². The molecule has 0 saturated carbocycles. The molecule has 1 aliphatic carbocycles. The first-order valence-corrected chi connectivity index (χ1v) is 10.3. The van der Waals surface area contributed by atoms with E-state index in [0.717, 1.165) is 11.1 Å².